The lowest BCUT2D eigenvalue weighted by atomic mass is 10.0. The van der Waals surface area contributed by atoms with Gasteiger partial charge in [0, 0.05) is 0 Å². The molecule has 0 aliphatic carbocycles. The zero-order valence-electron chi connectivity index (χ0n) is 18.1. The third-order valence-electron chi connectivity index (χ3n) is 4.58. The molecule has 0 aliphatic rings. The average Bonchev–Trinajstić information content (AvgIpc) is 2.54. The Bertz CT molecular complexity index is 510. The van der Waals surface area contributed by atoms with E-state index in [2.05, 4.69) is 71.9 Å². The highest BCUT2D eigenvalue weighted by atomic mass is 16.2. The Balaban J connectivity index is 4.02. The highest BCUT2D eigenvalue weighted by Crippen LogP contribution is 2.14. The molecule has 1 N–H and O–H groups in total. The zero-order chi connectivity index (χ0) is 19.8. The van der Waals surface area contributed by atoms with Crippen LogP contribution in [0.5, 0.6) is 0 Å². The summed E-state index contributed by atoms with van der Waals surface area (Å²) in [5, 5.41) is 8.86. The average molecular weight is 359 g/mol. The number of hydrogen-bond donors (Lipinski definition) is 1. The van der Waals surface area contributed by atoms with Gasteiger partial charge in [-0.05, 0) is 85.5 Å². The number of aliphatic hydroxyl groups is 1. The fourth-order valence-corrected chi connectivity index (χ4v) is 2.75. The smallest absolute Gasteiger partial charge is 0.0614 e. The molecule has 1 unspecified atom stereocenters. The van der Waals surface area contributed by atoms with Gasteiger partial charge in [-0.25, -0.2) is 0 Å². The SMILES string of the molecule is CC(C)=CCC/C(C)=C/CCC(C)/C=C/C/C(C)=C\CC/C(C)=C\CO. The largest absolute Gasteiger partial charge is 0.392 e. The highest BCUT2D eigenvalue weighted by molar-refractivity contribution is 5.08. The van der Waals surface area contributed by atoms with E-state index in [9.17, 15) is 0 Å². The van der Waals surface area contributed by atoms with Crippen molar-refractivity contribution in [3.63, 3.8) is 0 Å². The molecule has 1 nitrogen and oxygen atoms in total. The van der Waals surface area contributed by atoms with Crippen LogP contribution in [-0.4, -0.2) is 11.7 Å². The van der Waals surface area contributed by atoms with Crippen molar-refractivity contribution in [3.8, 4) is 0 Å². The summed E-state index contributed by atoms with van der Waals surface area (Å²) in [6.07, 6.45) is 21.5. The molecule has 0 radical (unpaired) electrons. The van der Waals surface area contributed by atoms with Crippen LogP contribution in [-0.2, 0) is 0 Å². The van der Waals surface area contributed by atoms with E-state index in [4.69, 9.17) is 5.11 Å². The first kappa shape index (κ1) is 24.7. The Hall–Kier alpha value is -1.34. The van der Waals surface area contributed by atoms with Crippen molar-refractivity contribution in [2.75, 3.05) is 6.61 Å². The van der Waals surface area contributed by atoms with Gasteiger partial charge in [0.2, 0.25) is 0 Å². The fraction of sp³-hybridized carbons (Fsp3) is 0.600. The lowest BCUT2D eigenvalue weighted by Gasteiger charge is -2.05. The maximum absolute atomic E-state index is 8.86. The molecule has 0 spiro atoms. The number of aliphatic hydroxyl groups excluding tert-OH is 1. The predicted octanol–water partition coefficient (Wildman–Crippen LogP) is 7.71. The molecule has 0 aliphatic heterocycles. The van der Waals surface area contributed by atoms with Crippen LogP contribution < -0.4 is 0 Å². The minimum atomic E-state index is 0.152. The van der Waals surface area contributed by atoms with E-state index in [0.717, 1.165) is 19.3 Å². The Morgan fingerprint density at radius 3 is 1.96 bits per heavy atom. The van der Waals surface area contributed by atoms with Crippen molar-refractivity contribution in [2.45, 2.75) is 86.5 Å². The lowest BCUT2D eigenvalue weighted by molar-refractivity contribution is 0.341. The van der Waals surface area contributed by atoms with Crippen LogP contribution in [0.25, 0.3) is 0 Å². The van der Waals surface area contributed by atoms with E-state index in [-0.39, 0.29) is 6.61 Å². The molecule has 0 aromatic carbocycles. The van der Waals surface area contributed by atoms with Crippen molar-refractivity contribution in [1.29, 1.82) is 0 Å². The van der Waals surface area contributed by atoms with Gasteiger partial charge in [0.1, 0.15) is 0 Å². The predicted molar refractivity (Wildman–Crippen MR) is 118 cm³/mol. The van der Waals surface area contributed by atoms with E-state index in [1.165, 1.54) is 48.0 Å². The van der Waals surface area contributed by atoms with Gasteiger partial charge in [-0.2, -0.15) is 0 Å². The summed E-state index contributed by atoms with van der Waals surface area (Å²) in [6, 6.07) is 0. The van der Waals surface area contributed by atoms with E-state index < -0.39 is 0 Å². The van der Waals surface area contributed by atoms with Crippen LogP contribution in [0.4, 0.5) is 0 Å². The van der Waals surface area contributed by atoms with Crippen LogP contribution >= 0.6 is 0 Å². The first-order valence-electron chi connectivity index (χ1n) is 10.2. The molecule has 0 saturated carbocycles. The van der Waals surface area contributed by atoms with Crippen molar-refractivity contribution >= 4 is 0 Å². The Labute approximate surface area is 163 Å². The lowest BCUT2D eigenvalue weighted by Crippen LogP contribution is -1.89. The van der Waals surface area contributed by atoms with Crippen molar-refractivity contribution in [3.05, 3.63) is 58.7 Å². The molecular weight excluding hydrogens is 316 g/mol. The van der Waals surface area contributed by atoms with Gasteiger partial charge in [-0.3, -0.25) is 0 Å². The Kier molecular flexibility index (Phi) is 15.1. The maximum Gasteiger partial charge on any atom is 0.0614 e. The van der Waals surface area contributed by atoms with Crippen LogP contribution in [0.2, 0.25) is 0 Å². The molecule has 1 atom stereocenters. The molecule has 0 amide bonds. The second-order valence-corrected chi connectivity index (χ2v) is 7.88. The number of hydrogen-bond acceptors (Lipinski definition) is 1. The van der Waals surface area contributed by atoms with Gasteiger partial charge >= 0.3 is 0 Å². The van der Waals surface area contributed by atoms with E-state index in [0.29, 0.717) is 5.92 Å². The molecule has 0 fully saturated rings. The number of allylic oxidation sites excluding steroid dienone is 9. The molecule has 0 bridgehead atoms. The third kappa shape index (κ3) is 16.1. The fourth-order valence-electron chi connectivity index (χ4n) is 2.75. The summed E-state index contributed by atoms with van der Waals surface area (Å²) >= 11 is 0. The highest BCUT2D eigenvalue weighted by Gasteiger charge is 1.97. The van der Waals surface area contributed by atoms with Crippen LogP contribution in [0.1, 0.15) is 86.5 Å². The maximum atomic E-state index is 8.86. The summed E-state index contributed by atoms with van der Waals surface area (Å²) < 4.78 is 0. The molecule has 0 saturated heterocycles. The van der Waals surface area contributed by atoms with Crippen molar-refractivity contribution in [1.82, 2.24) is 0 Å². The minimum absolute atomic E-state index is 0.152. The summed E-state index contributed by atoms with van der Waals surface area (Å²) in [6.45, 7) is 13.3. The molecule has 148 valence electrons. The van der Waals surface area contributed by atoms with Gasteiger partial charge in [0.05, 0.1) is 6.61 Å². The molecular formula is C25H42O. The quantitative estimate of drug-likeness (QED) is 0.334. The molecule has 1 heteroatoms. The second kappa shape index (κ2) is 15.9. The molecule has 0 aromatic heterocycles. The van der Waals surface area contributed by atoms with E-state index in [1.54, 1.807) is 0 Å². The number of rotatable bonds is 13. The van der Waals surface area contributed by atoms with E-state index >= 15 is 0 Å². The monoisotopic (exact) mass is 358 g/mol. The van der Waals surface area contributed by atoms with Gasteiger partial charge in [0.25, 0.3) is 0 Å². The Morgan fingerprint density at radius 1 is 0.769 bits per heavy atom. The van der Waals surface area contributed by atoms with Gasteiger partial charge < -0.3 is 5.11 Å². The molecule has 0 aromatic rings. The van der Waals surface area contributed by atoms with Gasteiger partial charge in [-0.1, -0.05) is 65.7 Å². The van der Waals surface area contributed by atoms with Crippen LogP contribution in [0, 0.1) is 5.92 Å². The topological polar surface area (TPSA) is 20.2 Å². The van der Waals surface area contributed by atoms with E-state index in [1.807, 2.05) is 6.08 Å². The summed E-state index contributed by atoms with van der Waals surface area (Å²) in [5.41, 5.74) is 5.63. The van der Waals surface area contributed by atoms with Crippen LogP contribution in [0.3, 0.4) is 0 Å². The van der Waals surface area contributed by atoms with Crippen molar-refractivity contribution in [2.24, 2.45) is 5.92 Å². The van der Waals surface area contributed by atoms with Gasteiger partial charge in [0.15, 0.2) is 0 Å². The molecule has 0 rings (SSSR count). The van der Waals surface area contributed by atoms with Gasteiger partial charge in [-0.15, -0.1) is 0 Å². The zero-order valence-corrected chi connectivity index (χ0v) is 18.1. The summed E-state index contributed by atoms with van der Waals surface area (Å²) in [4.78, 5) is 0. The van der Waals surface area contributed by atoms with Crippen LogP contribution in [0.15, 0.2) is 58.7 Å². The normalized spacial score (nSPS) is 14.8. The summed E-state index contributed by atoms with van der Waals surface area (Å²) in [7, 11) is 0. The molecule has 0 heterocycles. The molecule has 26 heavy (non-hydrogen) atoms. The van der Waals surface area contributed by atoms with Crippen molar-refractivity contribution < 1.29 is 5.11 Å². The standard InChI is InChI=1S/C25H42O/c1-21(2)11-7-12-22(3)13-8-14-23(4)15-9-16-24(5)17-10-18-25(6)19-20-26/h9,11,13,15,17,19,23,26H,7-8,10,12,14,16,18,20H2,1-6H3/b15-9+,22-13+,24-17-,25-19-. The first-order chi connectivity index (χ1) is 12.3. The minimum Gasteiger partial charge on any atom is -0.392 e. The second-order valence-electron chi connectivity index (χ2n) is 7.88. The Morgan fingerprint density at radius 2 is 1.35 bits per heavy atom. The first-order valence-corrected chi connectivity index (χ1v) is 10.2. The third-order valence-corrected chi connectivity index (χ3v) is 4.58. The summed E-state index contributed by atoms with van der Waals surface area (Å²) in [5.74, 6) is 0.638.